The van der Waals surface area contributed by atoms with Crippen molar-refractivity contribution in [1.82, 2.24) is 9.80 Å². The zero-order valence-electron chi connectivity index (χ0n) is 12.2. The summed E-state index contributed by atoms with van der Waals surface area (Å²) in [5.41, 5.74) is 0. The lowest BCUT2D eigenvalue weighted by Gasteiger charge is -2.41. The molecule has 2 saturated heterocycles. The molecule has 4 heteroatoms. The van der Waals surface area contributed by atoms with Gasteiger partial charge in [0.25, 0.3) is 5.91 Å². The van der Waals surface area contributed by atoms with E-state index in [-0.39, 0.29) is 5.91 Å². The van der Waals surface area contributed by atoms with Crippen LogP contribution >= 0.6 is 0 Å². The summed E-state index contributed by atoms with van der Waals surface area (Å²) in [7, 11) is 3.64. The molecule has 0 saturated carbocycles. The van der Waals surface area contributed by atoms with Crippen LogP contribution in [0.25, 0.3) is 0 Å². The highest BCUT2D eigenvalue weighted by Crippen LogP contribution is 2.36. The predicted octanol–water partition coefficient (Wildman–Crippen LogP) is 1.11. The molecule has 1 amide bonds. The Morgan fingerprint density at radius 1 is 1.37 bits per heavy atom. The number of fused-ring (bicyclic) bond motifs is 2. The first-order valence-electron chi connectivity index (χ1n) is 7.11. The van der Waals surface area contributed by atoms with Crippen LogP contribution in [-0.4, -0.2) is 61.1 Å². The number of rotatable bonds is 4. The summed E-state index contributed by atoms with van der Waals surface area (Å²) < 4.78 is 5.19. The van der Waals surface area contributed by atoms with Crippen molar-refractivity contribution in [2.24, 2.45) is 0 Å². The Kier molecular flexibility index (Phi) is 4.84. The average Bonchev–Trinajstić information content (AvgIpc) is 2.64. The van der Waals surface area contributed by atoms with Crippen LogP contribution in [0.1, 0.15) is 32.6 Å². The molecule has 0 aromatic heterocycles. The number of hydrogen-bond donors (Lipinski definition) is 0. The largest absolute Gasteiger partial charge is 0.383 e. The van der Waals surface area contributed by atoms with E-state index in [1.54, 1.807) is 14.0 Å². The Hall–Kier alpha value is -1.05. The van der Waals surface area contributed by atoms with Crippen LogP contribution in [-0.2, 0) is 9.53 Å². The molecule has 0 aromatic carbocycles. The van der Waals surface area contributed by atoms with Gasteiger partial charge in [0.05, 0.1) is 6.61 Å². The third-order valence-corrected chi connectivity index (χ3v) is 4.51. The topological polar surface area (TPSA) is 32.8 Å². The highest BCUT2D eigenvalue weighted by molar-refractivity contribution is 5.93. The monoisotopic (exact) mass is 264 g/mol. The standard InChI is InChI=1S/C15H24N2O2/c1-4-5-15(18)16(2)14-10-12-6-7-13(11-14)17(12)8-9-19-3/h12-14H,6-11H2,1-3H3. The van der Waals surface area contributed by atoms with Crippen molar-refractivity contribution in [3.05, 3.63) is 0 Å². The van der Waals surface area contributed by atoms with Crippen LogP contribution in [0.2, 0.25) is 0 Å². The molecular weight excluding hydrogens is 240 g/mol. The maximum absolute atomic E-state index is 11.8. The van der Waals surface area contributed by atoms with Crippen molar-refractivity contribution in [1.29, 1.82) is 0 Å². The number of carbonyl (C=O) groups is 1. The lowest BCUT2D eigenvalue weighted by Crippen LogP contribution is -2.51. The van der Waals surface area contributed by atoms with E-state index in [1.165, 1.54) is 12.8 Å². The number of hydrogen-bond acceptors (Lipinski definition) is 3. The van der Waals surface area contributed by atoms with E-state index in [4.69, 9.17) is 4.74 Å². The number of piperidine rings is 1. The van der Waals surface area contributed by atoms with Gasteiger partial charge in [0.15, 0.2) is 0 Å². The molecule has 2 bridgehead atoms. The maximum atomic E-state index is 11.8. The fourth-order valence-electron chi connectivity index (χ4n) is 3.48. The molecule has 0 N–H and O–H groups in total. The van der Waals surface area contributed by atoms with Gasteiger partial charge in [-0.3, -0.25) is 9.69 Å². The summed E-state index contributed by atoms with van der Waals surface area (Å²) in [6.07, 6.45) is 4.67. The summed E-state index contributed by atoms with van der Waals surface area (Å²) in [6, 6.07) is 1.58. The third kappa shape index (κ3) is 3.10. The SMILES string of the molecule is CC#CC(=O)N(C)C1CC2CCC(C1)N2CCOC. The van der Waals surface area contributed by atoms with Crippen molar-refractivity contribution in [2.75, 3.05) is 27.3 Å². The molecule has 0 spiro atoms. The molecule has 2 aliphatic rings. The third-order valence-electron chi connectivity index (χ3n) is 4.51. The Labute approximate surface area is 116 Å². The predicted molar refractivity (Wildman–Crippen MR) is 74.6 cm³/mol. The van der Waals surface area contributed by atoms with Gasteiger partial charge in [0.1, 0.15) is 0 Å². The molecule has 106 valence electrons. The van der Waals surface area contributed by atoms with Crippen LogP contribution < -0.4 is 0 Å². The molecule has 0 aromatic rings. The molecule has 2 unspecified atom stereocenters. The summed E-state index contributed by atoms with van der Waals surface area (Å²) in [4.78, 5) is 16.3. The van der Waals surface area contributed by atoms with Gasteiger partial charge >= 0.3 is 0 Å². The maximum Gasteiger partial charge on any atom is 0.298 e. The Morgan fingerprint density at radius 2 is 2.00 bits per heavy atom. The molecular formula is C15H24N2O2. The Balaban J connectivity index is 1.95. The Bertz CT molecular complexity index is 371. The number of amides is 1. The summed E-state index contributed by atoms with van der Waals surface area (Å²) in [5, 5.41) is 0. The minimum absolute atomic E-state index is 0.0442. The van der Waals surface area contributed by atoms with Gasteiger partial charge in [0, 0.05) is 38.8 Å². The second-order valence-electron chi connectivity index (χ2n) is 5.53. The van der Waals surface area contributed by atoms with Crippen LogP contribution in [0.15, 0.2) is 0 Å². The molecule has 19 heavy (non-hydrogen) atoms. The minimum Gasteiger partial charge on any atom is -0.383 e. The molecule has 2 fully saturated rings. The van der Waals surface area contributed by atoms with E-state index in [0.29, 0.717) is 18.1 Å². The van der Waals surface area contributed by atoms with E-state index in [9.17, 15) is 4.79 Å². The first-order chi connectivity index (χ1) is 9.17. The van der Waals surface area contributed by atoms with Gasteiger partial charge in [-0.25, -0.2) is 0 Å². The Morgan fingerprint density at radius 3 is 2.53 bits per heavy atom. The number of ether oxygens (including phenoxy) is 1. The highest BCUT2D eigenvalue weighted by Gasteiger charge is 2.42. The normalized spacial score (nSPS) is 29.7. The number of carbonyl (C=O) groups excluding carboxylic acids is 1. The van der Waals surface area contributed by atoms with Crippen LogP contribution in [0.3, 0.4) is 0 Å². The molecule has 2 atom stereocenters. The number of nitrogens with zero attached hydrogens (tertiary/aromatic N) is 2. The molecule has 0 aliphatic carbocycles. The first-order valence-corrected chi connectivity index (χ1v) is 7.11. The van der Waals surface area contributed by atoms with Gasteiger partial charge in [0.2, 0.25) is 0 Å². The van der Waals surface area contributed by atoms with Crippen LogP contribution in [0.4, 0.5) is 0 Å². The molecule has 4 nitrogen and oxygen atoms in total. The van der Waals surface area contributed by atoms with Gasteiger partial charge < -0.3 is 9.64 Å². The van der Waals surface area contributed by atoms with Crippen molar-refractivity contribution in [2.45, 2.75) is 50.7 Å². The van der Waals surface area contributed by atoms with E-state index in [0.717, 1.165) is 26.0 Å². The fourth-order valence-corrected chi connectivity index (χ4v) is 3.48. The van der Waals surface area contributed by atoms with Crippen molar-refractivity contribution in [3.8, 4) is 11.8 Å². The highest BCUT2D eigenvalue weighted by atomic mass is 16.5. The molecule has 2 aliphatic heterocycles. The zero-order chi connectivity index (χ0) is 13.8. The van der Waals surface area contributed by atoms with Gasteiger partial charge in [-0.15, -0.1) is 0 Å². The van der Waals surface area contributed by atoms with Gasteiger partial charge in [-0.1, -0.05) is 5.92 Å². The first kappa shape index (κ1) is 14.4. The average molecular weight is 264 g/mol. The second-order valence-corrected chi connectivity index (χ2v) is 5.53. The quantitative estimate of drug-likeness (QED) is 0.713. The van der Waals surface area contributed by atoms with Crippen LogP contribution in [0, 0.1) is 11.8 Å². The lowest BCUT2D eigenvalue weighted by atomic mass is 9.96. The van der Waals surface area contributed by atoms with E-state index in [2.05, 4.69) is 16.7 Å². The molecule has 0 radical (unpaired) electrons. The smallest absolute Gasteiger partial charge is 0.298 e. The minimum atomic E-state index is -0.0442. The second kappa shape index (κ2) is 6.40. The van der Waals surface area contributed by atoms with Gasteiger partial charge in [-0.05, 0) is 38.5 Å². The van der Waals surface area contributed by atoms with Crippen molar-refractivity contribution in [3.63, 3.8) is 0 Å². The number of methoxy groups -OCH3 is 1. The summed E-state index contributed by atoms with van der Waals surface area (Å²) in [5.74, 6) is 5.29. The molecule has 2 heterocycles. The van der Waals surface area contributed by atoms with Crippen molar-refractivity contribution >= 4 is 5.91 Å². The zero-order valence-corrected chi connectivity index (χ0v) is 12.2. The van der Waals surface area contributed by atoms with Crippen molar-refractivity contribution < 1.29 is 9.53 Å². The lowest BCUT2D eigenvalue weighted by molar-refractivity contribution is -0.127. The van der Waals surface area contributed by atoms with E-state index < -0.39 is 0 Å². The van der Waals surface area contributed by atoms with Crippen LogP contribution in [0.5, 0.6) is 0 Å². The van der Waals surface area contributed by atoms with E-state index >= 15 is 0 Å². The summed E-state index contributed by atoms with van der Waals surface area (Å²) >= 11 is 0. The fraction of sp³-hybridized carbons (Fsp3) is 0.800. The van der Waals surface area contributed by atoms with E-state index in [1.807, 2.05) is 11.9 Å². The van der Waals surface area contributed by atoms with Gasteiger partial charge in [-0.2, -0.15) is 0 Å². The molecule has 2 rings (SSSR count). The summed E-state index contributed by atoms with van der Waals surface area (Å²) in [6.45, 7) is 3.53.